The van der Waals surface area contributed by atoms with Crippen LogP contribution in [0.5, 0.6) is 0 Å². The van der Waals surface area contributed by atoms with E-state index in [-0.39, 0.29) is 0 Å². The number of hydrogen-bond donors (Lipinski definition) is 0. The smallest absolute Gasteiger partial charge is 0.164 e. The van der Waals surface area contributed by atoms with E-state index in [0.717, 1.165) is 49.8 Å². The lowest BCUT2D eigenvalue weighted by atomic mass is 9.99. The second kappa shape index (κ2) is 10.9. The molecule has 208 valence electrons. The number of fused-ring (bicyclic) bond motifs is 3. The third-order valence-electron chi connectivity index (χ3n) is 7.83. The van der Waals surface area contributed by atoms with Crippen LogP contribution in [0.25, 0.3) is 78.4 Å². The Hall–Kier alpha value is -5.58. The summed E-state index contributed by atoms with van der Waals surface area (Å²) in [6, 6.07) is 49.0. The Kier molecular flexibility index (Phi) is 6.47. The molecule has 8 rings (SSSR count). The third-order valence-corrected chi connectivity index (χ3v) is 8.07. The number of benzene rings is 6. The van der Waals surface area contributed by atoms with Gasteiger partial charge in [-0.3, -0.25) is 0 Å². The van der Waals surface area contributed by atoms with Crippen molar-refractivity contribution in [3.05, 3.63) is 151 Å². The SMILES string of the molecule is Clc1ccc2oc3cccc(-c4nc(-c5ccccc5)nc(-c5ccc(-c6ccc(-c7ccccc7)cc6)cc5)n4)c3c2c1. The molecule has 0 saturated carbocycles. The Morgan fingerprint density at radius 1 is 0.409 bits per heavy atom. The standard InChI is InChI=1S/C39H24ClN3O/c40-31-22-23-34-33(24-31)36-32(12-7-13-35(36)44-34)39-42-37(29-10-5-2-6-11-29)41-38(43-39)30-20-18-28(19-21-30)27-16-14-26(15-17-27)25-8-3-1-4-9-25/h1-24H. The average molecular weight is 586 g/mol. The summed E-state index contributed by atoms with van der Waals surface area (Å²) in [5.41, 5.74) is 8.87. The minimum Gasteiger partial charge on any atom is -0.456 e. The molecule has 6 aromatic carbocycles. The van der Waals surface area contributed by atoms with Gasteiger partial charge in [0.1, 0.15) is 11.2 Å². The van der Waals surface area contributed by atoms with E-state index in [2.05, 4.69) is 72.8 Å². The zero-order valence-electron chi connectivity index (χ0n) is 23.5. The van der Waals surface area contributed by atoms with Crippen LogP contribution in [0, 0.1) is 0 Å². The van der Waals surface area contributed by atoms with E-state index in [4.69, 9.17) is 31.0 Å². The van der Waals surface area contributed by atoms with Crippen LogP contribution in [0.4, 0.5) is 0 Å². The summed E-state index contributed by atoms with van der Waals surface area (Å²) in [5.74, 6) is 1.78. The Morgan fingerprint density at radius 2 is 0.909 bits per heavy atom. The van der Waals surface area contributed by atoms with E-state index in [1.807, 2.05) is 72.8 Å². The van der Waals surface area contributed by atoms with Gasteiger partial charge in [0.2, 0.25) is 0 Å². The van der Waals surface area contributed by atoms with Crippen LogP contribution in [-0.2, 0) is 0 Å². The molecule has 0 aliphatic rings. The van der Waals surface area contributed by atoms with Crippen LogP contribution >= 0.6 is 11.6 Å². The number of rotatable bonds is 5. The molecule has 0 bridgehead atoms. The number of hydrogen-bond acceptors (Lipinski definition) is 4. The lowest BCUT2D eigenvalue weighted by Crippen LogP contribution is -2.00. The first-order valence-corrected chi connectivity index (χ1v) is 14.8. The molecule has 8 aromatic rings. The second-order valence-corrected chi connectivity index (χ2v) is 11.1. The van der Waals surface area contributed by atoms with Crippen molar-refractivity contribution in [3.8, 4) is 56.4 Å². The van der Waals surface area contributed by atoms with Gasteiger partial charge in [-0.15, -0.1) is 0 Å². The molecule has 0 aliphatic heterocycles. The zero-order valence-corrected chi connectivity index (χ0v) is 24.2. The van der Waals surface area contributed by atoms with Gasteiger partial charge in [-0.2, -0.15) is 0 Å². The van der Waals surface area contributed by atoms with Gasteiger partial charge >= 0.3 is 0 Å². The lowest BCUT2D eigenvalue weighted by Gasteiger charge is -2.10. The van der Waals surface area contributed by atoms with Crippen molar-refractivity contribution < 1.29 is 4.42 Å². The Balaban J connectivity index is 1.22. The van der Waals surface area contributed by atoms with Crippen molar-refractivity contribution in [1.82, 2.24) is 15.0 Å². The van der Waals surface area contributed by atoms with Crippen molar-refractivity contribution in [3.63, 3.8) is 0 Å². The molecule has 0 aliphatic carbocycles. The summed E-state index contributed by atoms with van der Waals surface area (Å²) >= 11 is 6.39. The molecule has 2 aromatic heterocycles. The summed E-state index contributed by atoms with van der Waals surface area (Å²) in [5, 5.41) is 2.50. The Bertz CT molecular complexity index is 2260. The van der Waals surface area contributed by atoms with E-state index in [1.54, 1.807) is 0 Å². The van der Waals surface area contributed by atoms with Gasteiger partial charge in [-0.1, -0.05) is 133 Å². The first kappa shape index (κ1) is 26.1. The van der Waals surface area contributed by atoms with Crippen LogP contribution in [0.3, 0.4) is 0 Å². The quantitative estimate of drug-likeness (QED) is 0.201. The highest BCUT2D eigenvalue weighted by molar-refractivity contribution is 6.32. The molecular weight excluding hydrogens is 562 g/mol. The van der Waals surface area contributed by atoms with Crippen molar-refractivity contribution in [1.29, 1.82) is 0 Å². The molecular formula is C39H24ClN3O. The topological polar surface area (TPSA) is 51.8 Å². The van der Waals surface area contributed by atoms with E-state index >= 15 is 0 Å². The fourth-order valence-corrected chi connectivity index (χ4v) is 5.80. The summed E-state index contributed by atoms with van der Waals surface area (Å²) in [6.45, 7) is 0. The van der Waals surface area contributed by atoms with Crippen molar-refractivity contribution in [2.75, 3.05) is 0 Å². The molecule has 0 radical (unpaired) electrons. The largest absolute Gasteiger partial charge is 0.456 e. The van der Waals surface area contributed by atoms with E-state index < -0.39 is 0 Å². The van der Waals surface area contributed by atoms with Gasteiger partial charge in [0, 0.05) is 32.5 Å². The molecule has 0 spiro atoms. The summed E-state index contributed by atoms with van der Waals surface area (Å²) in [4.78, 5) is 14.9. The first-order chi connectivity index (χ1) is 21.7. The van der Waals surface area contributed by atoms with Gasteiger partial charge in [0.05, 0.1) is 0 Å². The van der Waals surface area contributed by atoms with E-state index in [1.165, 1.54) is 11.1 Å². The summed E-state index contributed by atoms with van der Waals surface area (Å²) in [6.07, 6.45) is 0. The molecule has 0 saturated heterocycles. The van der Waals surface area contributed by atoms with Gasteiger partial charge in [-0.25, -0.2) is 15.0 Å². The fraction of sp³-hybridized carbons (Fsp3) is 0. The minimum atomic E-state index is 0.572. The number of nitrogens with zero attached hydrogens (tertiary/aromatic N) is 3. The zero-order chi connectivity index (χ0) is 29.5. The Labute approximate surface area is 259 Å². The maximum Gasteiger partial charge on any atom is 0.164 e. The highest BCUT2D eigenvalue weighted by Crippen LogP contribution is 2.37. The maximum atomic E-state index is 6.39. The number of halogens is 1. The molecule has 2 heterocycles. The monoisotopic (exact) mass is 585 g/mol. The first-order valence-electron chi connectivity index (χ1n) is 14.4. The fourth-order valence-electron chi connectivity index (χ4n) is 5.62. The third kappa shape index (κ3) is 4.81. The van der Waals surface area contributed by atoms with Crippen LogP contribution in [-0.4, -0.2) is 15.0 Å². The molecule has 0 fully saturated rings. The molecule has 0 N–H and O–H groups in total. The summed E-state index contributed by atoms with van der Waals surface area (Å²) in [7, 11) is 0. The highest BCUT2D eigenvalue weighted by Gasteiger charge is 2.18. The summed E-state index contributed by atoms with van der Waals surface area (Å²) < 4.78 is 6.16. The van der Waals surface area contributed by atoms with Crippen LogP contribution < -0.4 is 0 Å². The van der Waals surface area contributed by atoms with Crippen molar-refractivity contribution in [2.24, 2.45) is 0 Å². The van der Waals surface area contributed by atoms with Crippen molar-refractivity contribution >= 4 is 33.5 Å². The minimum absolute atomic E-state index is 0.572. The number of aromatic nitrogens is 3. The van der Waals surface area contributed by atoms with Crippen molar-refractivity contribution in [2.45, 2.75) is 0 Å². The maximum absolute atomic E-state index is 6.39. The Morgan fingerprint density at radius 3 is 1.52 bits per heavy atom. The molecule has 5 heteroatoms. The van der Waals surface area contributed by atoms with Crippen LogP contribution in [0.2, 0.25) is 5.02 Å². The molecule has 0 atom stereocenters. The van der Waals surface area contributed by atoms with Crippen LogP contribution in [0.15, 0.2) is 150 Å². The van der Waals surface area contributed by atoms with E-state index in [9.17, 15) is 0 Å². The average Bonchev–Trinajstić information content (AvgIpc) is 3.47. The molecule has 0 amide bonds. The molecule has 4 nitrogen and oxygen atoms in total. The van der Waals surface area contributed by atoms with E-state index in [0.29, 0.717) is 22.5 Å². The molecule has 44 heavy (non-hydrogen) atoms. The predicted molar refractivity (Wildman–Crippen MR) is 179 cm³/mol. The second-order valence-electron chi connectivity index (χ2n) is 10.6. The van der Waals surface area contributed by atoms with Gasteiger partial charge in [0.25, 0.3) is 0 Å². The van der Waals surface area contributed by atoms with Gasteiger partial charge < -0.3 is 4.42 Å². The molecule has 0 unspecified atom stereocenters. The van der Waals surface area contributed by atoms with Gasteiger partial charge in [-0.05, 0) is 46.5 Å². The lowest BCUT2D eigenvalue weighted by molar-refractivity contribution is 0.669. The normalized spacial score (nSPS) is 11.3. The highest BCUT2D eigenvalue weighted by atomic mass is 35.5. The predicted octanol–water partition coefficient (Wildman–Crippen LogP) is 10.8. The van der Waals surface area contributed by atoms with Crippen LogP contribution in [0.1, 0.15) is 0 Å². The number of furan rings is 1. The van der Waals surface area contributed by atoms with Gasteiger partial charge in [0.15, 0.2) is 17.5 Å².